The fourth-order valence-corrected chi connectivity index (χ4v) is 2.42. The second-order valence-electron chi connectivity index (χ2n) is 6.23. The fourth-order valence-electron chi connectivity index (χ4n) is 2.42. The van der Waals surface area contributed by atoms with Crippen molar-refractivity contribution in [3.8, 4) is 0 Å². The number of hydrogen-bond acceptors (Lipinski definition) is 4. The Morgan fingerprint density at radius 2 is 2.24 bits per heavy atom. The smallest absolute Gasteiger partial charge is 0.271 e. The van der Waals surface area contributed by atoms with Gasteiger partial charge in [0.2, 0.25) is 0 Å². The lowest BCUT2D eigenvalue weighted by molar-refractivity contribution is -0.0690. The van der Waals surface area contributed by atoms with E-state index in [0.29, 0.717) is 13.0 Å². The molecular weight excluding hydrogens is 270 g/mol. The van der Waals surface area contributed by atoms with Crippen LogP contribution in [-0.2, 0) is 6.54 Å². The zero-order valence-corrected chi connectivity index (χ0v) is 12.8. The summed E-state index contributed by atoms with van der Waals surface area (Å²) in [4.78, 5) is 23.9. The van der Waals surface area contributed by atoms with E-state index in [4.69, 9.17) is 0 Å². The van der Waals surface area contributed by atoms with Gasteiger partial charge in [-0.15, -0.1) is 0 Å². The Labute approximate surface area is 124 Å². The number of rotatable bonds is 5. The summed E-state index contributed by atoms with van der Waals surface area (Å²) in [5.74, 6) is -0.301. The number of nitrogens with zero attached hydrogens (tertiary/aromatic N) is 2. The van der Waals surface area contributed by atoms with Gasteiger partial charge in [-0.25, -0.2) is 4.68 Å². The van der Waals surface area contributed by atoms with Gasteiger partial charge in [-0.2, -0.15) is 5.10 Å². The predicted molar refractivity (Wildman–Crippen MR) is 79.1 cm³/mol. The molecule has 2 N–H and O–H groups in total. The van der Waals surface area contributed by atoms with Crippen molar-refractivity contribution in [1.82, 2.24) is 15.1 Å². The number of amides is 1. The molecule has 1 aliphatic rings. The Kier molecular flexibility index (Phi) is 4.46. The minimum absolute atomic E-state index is 0.0715. The third-order valence-corrected chi connectivity index (χ3v) is 4.34. The van der Waals surface area contributed by atoms with Crippen molar-refractivity contribution < 1.29 is 9.90 Å². The highest BCUT2D eigenvalue weighted by atomic mass is 16.3. The highest BCUT2D eigenvalue weighted by molar-refractivity contribution is 5.92. The number of carbonyl (C=O) groups excluding carboxylic acids is 1. The molecule has 0 spiro atoms. The third-order valence-electron chi connectivity index (χ3n) is 4.34. The lowest BCUT2D eigenvalue weighted by Gasteiger charge is -2.49. The van der Waals surface area contributed by atoms with Gasteiger partial charge >= 0.3 is 0 Å². The molecule has 116 valence electrons. The lowest BCUT2D eigenvalue weighted by atomic mass is 9.64. The van der Waals surface area contributed by atoms with Crippen LogP contribution in [0.15, 0.2) is 16.9 Å². The van der Waals surface area contributed by atoms with E-state index < -0.39 is 6.10 Å². The number of aryl methyl sites for hydroxylation is 1. The molecule has 0 saturated heterocycles. The Bertz CT molecular complexity index is 580. The van der Waals surface area contributed by atoms with Crippen LogP contribution in [0.1, 0.15) is 50.5 Å². The highest BCUT2D eigenvalue weighted by Crippen LogP contribution is 2.40. The van der Waals surface area contributed by atoms with E-state index in [1.165, 1.54) is 16.8 Å². The summed E-state index contributed by atoms with van der Waals surface area (Å²) in [6.45, 7) is 6.39. The summed E-state index contributed by atoms with van der Waals surface area (Å²) in [5.41, 5.74) is -0.283. The first-order valence-electron chi connectivity index (χ1n) is 7.43. The van der Waals surface area contributed by atoms with Gasteiger partial charge in [0.05, 0.1) is 6.10 Å². The number of hydrogen-bond donors (Lipinski definition) is 2. The van der Waals surface area contributed by atoms with Crippen LogP contribution in [0, 0.1) is 5.41 Å². The normalized spacial score (nSPS) is 23.4. The van der Waals surface area contributed by atoms with Crippen LogP contribution in [-0.4, -0.2) is 32.9 Å². The third kappa shape index (κ3) is 3.15. The molecule has 2 atom stereocenters. The predicted octanol–water partition coefficient (Wildman–Crippen LogP) is 0.933. The Morgan fingerprint density at radius 1 is 1.52 bits per heavy atom. The van der Waals surface area contributed by atoms with Crippen LogP contribution in [0.25, 0.3) is 0 Å². The summed E-state index contributed by atoms with van der Waals surface area (Å²) in [7, 11) is 0. The first-order chi connectivity index (χ1) is 9.86. The summed E-state index contributed by atoms with van der Waals surface area (Å²) in [6, 6.07) is 2.75. The molecule has 6 nitrogen and oxygen atoms in total. The van der Waals surface area contributed by atoms with E-state index in [9.17, 15) is 14.7 Å². The van der Waals surface area contributed by atoms with Gasteiger partial charge in [-0.05, 0) is 18.9 Å². The number of aromatic nitrogens is 2. The minimum atomic E-state index is -0.394. The molecule has 1 fully saturated rings. The average Bonchev–Trinajstić information content (AvgIpc) is 2.46. The summed E-state index contributed by atoms with van der Waals surface area (Å²) >= 11 is 0. The van der Waals surface area contributed by atoms with Crippen molar-refractivity contribution in [2.45, 2.75) is 58.7 Å². The van der Waals surface area contributed by atoms with E-state index >= 15 is 0 Å². The van der Waals surface area contributed by atoms with Crippen molar-refractivity contribution >= 4 is 5.91 Å². The van der Waals surface area contributed by atoms with Crippen LogP contribution >= 0.6 is 0 Å². The fraction of sp³-hybridized carbons (Fsp3) is 0.667. The maximum atomic E-state index is 12.2. The van der Waals surface area contributed by atoms with Crippen LogP contribution in [0.3, 0.4) is 0 Å². The van der Waals surface area contributed by atoms with Crippen molar-refractivity contribution in [2.75, 3.05) is 0 Å². The molecule has 21 heavy (non-hydrogen) atoms. The largest absolute Gasteiger partial charge is 0.392 e. The first-order valence-corrected chi connectivity index (χ1v) is 7.43. The zero-order valence-electron chi connectivity index (χ0n) is 12.8. The second kappa shape index (κ2) is 5.97. The molecule has 0 radical (unpaired) electrons. The molecule has 2 unspecified atom stereocenters. The molecule has 1 aromatic heterocycles. The lowest BCUT2D eigenvalue weighted by Crippen LogP contribution is -2.61. The SMILES string of the molecule is CCCCn1nc(C(=O)NC2CC(O)C2(C)C)ccc1=O. The molecule has 1 heterocycles. The quantitative estimate of drug-likeness (QED) is 0.846. The van der Waals surface area contributed by atoms with Crippen molar-refractivity contribution in [3.05, 3.63) is 28.2 Å². The molecule has 0 aliphatic heterocycles. The van der Waals surface area contributed by atoms with E-state index in [2.05, 4.69) is 10.4 Å². The van der Waals surface area contributed by atoms with E-state index in [1.807, 2.05) is 20.8 Å². The standard InChI is InChI=1S/C15H23N3O3/c1-4-5-8-18-13(20)7-6-10(17-18)14(21)16-11-9-12(19)15(11,2)3/h6-7,11-12,19H,4-5,8-9H2,1-3H3,(H,16,21). The van der Waals surface area contributed by atoms with Gasteiger partial charge in [0.15, 0.2) is 0 Å². The molecule has 1 amide bonds. The molecular formula is C15H23N3O3. The van der Waals surface area contributed by atoms with Crippen LogP contribution < -0.4 is 10.9 Å². The molecule has 0 bridgehead atoms. The highest BCUT2D eigenvalue weighted by Gasteiger charge is 2.48. The van der Waals surface area contributed by atoms with Gasteiger partial charge in [-0.3, -0.25) is 9.59 Å². The van der Waals surface area contributed by atoms with E-state index in [1.54, 1.807) is 0 Å². The molecule has 0 aromatic carbocycles. The topological polar surface area (TPSA) is 84.2 Å². The number of aliphatic hydroxyl groups is 1. The van der Waals surface area contributed by atoms with Crippen LogP contribution in [0.2, 0.25) is 0 Å². The van der Waals surface area contributed by atoms with Crippen molar-refractivity contribution in [1.29, 1.82) is 0 Å². The Morgan fingerprint density at radius 3 is 2.81 bits per heavy atom. The van der Waals surface area contributed by atoms with Gasteiger partial charge < -0.3 is 10.4 Å². The summed E-state index contributed by atoms with van der Waals surface area (Å²) in [6.07, 6.45) is 1.96. The summed E-state index contributed by atoms with van der Waals surface area (Å²) < 4.78 is 1.33. The Balaban J connectivity index is 2.08. The van der Waals surface area contributed by atoms with Gasteiger partial charge in [0, 0.05) is 24.1 Å². The average molecular weight is 293 g/mol. The molecule has 1 aromatic rings. The zero-order chi connectivity index (χ0) is 15.6. The van der Waals surface area contributed by atoms with Gasteiger partial charge in [0.1, 0.15) is 5.69 Å². The molecule has 1 saturated carbocycles. The first kappa shape index (κ1) is 15.7. The maximum absolute atomic E-state index is 12.2. The minimum Gasteiger partial charge on any atom is -0.392 e. The number of unbranched alkanes of at least 4 members (excludes halogenated alkanes) is 1. The Hall–Kier alpha value is -1.69. The number of aliphatic hydroxyl groups excluding tert-OH is 1. The summed E-state index contributed by atoms with van der Waals surface area (Å²) in [5, 5.41) is 16.7. The second-order valence-corrected chi connectivity index (χ2v) is 6.23. The van der Waals surface area contributed by atoms with Gasteiger partial charge in [0.25, 0.3) is 11.5 Å². The number of carbonyl (C=O) groups is 1. The van der Waals surface area contributed by atoms with Crippen LogP contribution in [0.4, 0.5) is 0 Å². The van der Waals surface area contributed by atoms with Gasteiger partial charge in [-0.1, -0.05) is 27.2 Å². The maximum Gasteiger partial charge on any atom is 0.271 e. The molecule has 2 rings (SSSR count). The van der Waals surface area contributed by atoms with E-state index in [0.717, 1.165) is 12.8 Å². The molecule has 6 heteroatoms. The van der Waals surface area contributed by atoms with E-state index in [-0.39, 0.29) is 28.6 Å². The number of nitrogens with one attached hydrogen (secondary N) is 1. The van der Waals surface area contributed by atoms with Crippen molar-refractivity contribution in [2.24, 2.45) is 5.41 Å². The van der Waals surface area contributed by atoms with Crippen molar-refractivity contribution in [3.63, 3.8) is 0 Å². The van der Waals surface area contributed by atoms with Crippen LogP contribution in [0.5, 0.6) is 0 Å². The monoisotopic (exact) mass is 293 g/mol. The molecule has 1 aliphatic carbocycles.